The Morgan fingerprint density at radius 1 is 1.24 bits per heavy atom. The zero-order chi connectivity index (χ0) is 14.7. The molecule has 10 nitrogen and oxygen atoms in total. The molecule has 2 heterocycles. The van der Waals surface area contributed by atoms with Crippen LogP contribution in [0.5, 0.6) is 0 Å². The van der Waals surface area contributed by atoms with E-state index in [2.05, 4.69) is 25.8 Å². The number of rotatable bonds is 4. The van der Waals surface area contributed by atoms with Gasteiger partial charge >= 0.3 is 5.97 Å². The number of nitrogens with zero attached hydrogens (tertiary/aromatic N) is 7. The summed E-state index contributed by atoms with van der Waals surface area (Å²) in [5, 5.41) is 18.3. The monoisotopic (exact) mass is 287 g/mol. The second-order valence-corrected chi connectivity index (χ2v) is 4.06. The first-order valence-corrected chi connectivity index (χ1v) is 5.93. The quantitative estimate of drug-likeness (QED) is 0.559. The molecular formula is C11H9N7O3. The number of ether oxygens (including phenoxy) is 1. The number of fused-ring (bicyclic) bond motifs is 1. The van der Waals surface area contributed by atoms with E-state index >= 15 is 0 Å². The summed E-state index contributed by atoms with van der Waals surface area (Å²) < 4.78 is 7.11. The molecular weight excluding hydrogens is 278 g/mol. The van der Waals surface area contributed by atoms with Gasteiger partial charge in [-0.3, -0.25) is 4.79 Å². The molecule has 0 aliphatic carbocycles. The van der Waals surface area contributed by atoms with Crippen LogP contribution in [-0.2, 0) is 22.8 Å². The first-order chi connectivity index (χ1) is 10.2. The number of hydrogen-bond acceptors (Lipinski definition) is 8. The van der Waals surface area contributed by atoms with Crippen LogP contribution in [0.15, 0.2) is 35.4 Å². The minimum absolute atomic E-state index is 0.150. The van der Waals surface area contributed by atoms with Crippen LogP contribution in [0.2, 0.25) is 0 Å². The predicted octanol–water partition coefficient (Wildman–Crippen LogP) is -1.02. The van der Waals surface area contributed by atoms with E-state index in [0.717, 1.165) is 4.68 Å². The van der Waals surface area contributed by atoms with Gasteiger partial charge in [-0.15, -0.1) is 10.2 Å². The minimum atomic E-state index is -0.593. The van der Waals surface area contributed by atoms with Crippen LogP contribution >= 0.6 is 0 Å². The molecule has 0 bridgehead atoms. The molecule has 0 saturated carbocycles. The van der Waals surface area contributed by atoms with Crippen LogP contribution in [0.1, 0.15) is 0 Å². The topological polar surface area (TPSA) is 118 Å². The Hall–Kier alpha value is -3.17. The van der Waals surface area contributed by atoms with Crippen molar-refractivity contribution < 1.29 is 9.53 Å². The Balaban J connectivity index is 1.72. The van der Waals surface area contributed by atoms with Crippen LogP contribution in [-0.4, -0.2) is 41.2 Å². The fourth-order valence-corrected chi connectivity index (χ4v) is 1.67. The van der Waals surface area contributed by atoms with Crippen LogP contribution in [0.4, 0.5) is 0 Å². The Morgan fingerprint density at radius 2 is 2.10 bits per heavy atom. The van der Waals surface area contributed by atoms with Crippen LogP contribution in [0, 0.1) is 0 Å². The maximum atomic E-state index is 12.1. The molecule has 0 saturated heterocycles. The highest BCUT2D eigenvalue weighted by atomic mass is 16.5. The third-order valence-corrected chi connectivity index (χ3v) is 2.66. The van der Waals surface area contributed by atoms with Gasteiger partial charge in [0.1, 0.15) is 18.4 Å². The van der Waals surface area contributed by atoms with Crippen LogP contribution < -0.4 is 5.56 Å². The van der Waals surface area contributed by atoms with Crippen molar-refractivity contribution in [1.29, 1.82) is 0 Å². The highest BCUT2D eigenvalue weighted by molar-refractivity contribution is 5.76. The normalized spacial score (nSPS) is 10.7. The SMILES string of the molecule is O=C(Cn1cnnn1)OCn1nnc2ccccc2c1=O. The number of benzene rings is 1. The van der Waals surface area contributed by atoms with E-state index in [1.165, 1.54) is 11.0 Å². The summed E-state index contributed by atoms with van der Waals surface area (Å²) in [6.07, 6.45) is 1.28. The molecule has 0 fully saturated rings. The molecule has 0 N–H and O–H groups in total. The molecule has 106 valence electrons. The zero-order valence-corrected chi connectivity index (χ0v) is 10.7. The number of esters is 1. The summed E-state index contributed by atoms with van der Waals surface area (Å²) in [5.74, 6) is -0.593. The molecule has 0 aliphatic rings. The summed E-state index contributed by atoms with van der Waals surface area (Å²) in [5.41, 5.74) is 0.106. The van der Waals surface area contributed by atoms with Crippen molar-refractivity contribution >= 4 is 16.9 Å². The highest BCUT2D eigenvalue weighted by Crippen LogP contribution is 2.03. The van der Waals surface area contributed by atoms with Crippen LogP contribution in [0.25, 0.3) is 10.9 Å². The van der Waals surface area contributed by atoms with Crippen molar-refractivity contribution in [2.75, 3.05) is 0 Å². The third kappa shape index (κ3) is 2.73. The van der Waals surface area contributed by atoms with Gasteiger partial charge in [0.05, 0.1) is 5.39 Å². The van der Waals surface area contributed by atoms with Gasteiger partial charge in [0.2, 0.25) is 0 Å². The van der Waals surface area contributed by atoms with Crippen molar-refractivity contribution in [3.8, 4) is 0 Å². The molecule has 0 radical (unpaired) electrons. The van der Waals surface area contributed by atoms with Gasteiger partial charge in [0.25, 0.3) is 5.56 Å². The lowest BCUT2D eigenvalue weighted by atomic mass is 10.2. The Kier molecular flexibility index (Phi) is 3.33. The molecule has 3 rings (SSSR count). The lowest BCUT2D eigenvalue weighted by Crippen LogP contribution is -2.27. The van der Waals surface area contributed by atoms with Gasteiger partial charge in [-0.05, 0) is 22.6 Å². The standard InChI is InChI=1S/C11H9N7O3/c19-10(5-17-6-12-14-16-17)21-7-18-11(20)8-3-1-2-4-9(8)13-15-18/h1-4,6H,5,7H2. The number of carbonyl (C=O) groups excluding carboxylic acids is 1. The van der Waals surface area contributed by atoms with Crippen molar-refractivity contribution in [3.05, 3.63) is 40.9 Å². The fourth-order valence-electron chi connectivity index (χ4n) is 1.67. The Bertz CT molecular complexity index is 827. The molecule has 1 aromatic carbocycles. The summed E-state index contributed by atoms with van der Waals surface area (Å²) in [4.78, 5) is 23.6. The van der Waals surface area contributed by atoms with E-state index in [0.29, 0.717) is 10.9 Å². The number of hydrogen-bond donors (Lipinski definition) is 0. The van der Waals surface area contributed by atoms with Crippen molar-refractivity contribution in [2.24, 2.45) is 0 Å². The fraction of sp³-hybridized carbons (Fsp3) is 0.182. The lowest BCUT2D eigenvalue weighted by molar-refractivity contribution is -0.149. The van der Waals surface area contributed by atoms with E-state index in [1.807, 2.05) is 0 Å². The van der Waals surface area contributed by atoms with Gasteiger partial charge in [-0.1, -0.05) is 17.3 Å². The van der Waals surface area contributed by atoms with E-state index in [4.69, 9.17) is 4.74 Å². The smallest absolute Gasteiger partial charge is 0.329 e. The molecule has 21 heavy (non-hydrogen) atoms. The summed E-state index contributed by atoms with van der Waals surface area (Å²) in [7, 11) is 0. The lowest BCUT2D eigenvalue weighted by Gasteiger charge is -2.06. The third-order valence-electron chi connectivity index (χ3n) is 2.66. The number of tetrazole rings is 1. The van der Waals surface area contributed by atoms with E-state index in [9.17, 15) is 9.59 Å². The molecule has 0 atom stereocenters. The van der Waals surface area contributed by atoms with Crippen molar-refractivity contribution in [3.63, 3.8) is 0 Å². The molecule has 10 heteroatoms. The summed E-state index contributed by atoms with van der Waals surface area (Å²) in [6.45, 7) is -0.472. The van der Waals surface area contributed by atoms with E-state index in [-0.39, 0.29) is 18.8 Å². The second-order valence-electron chi connectivity index (χ2n) is 4.06. The average Bonchev–Trinajstić information content (AvgIpc) is 3.00. The summed E-state index contributed by atoms with van der Waals surface area (Å²) in [6, 6.07) is 6.79. The van der Waals surface area contributed by atoms with Gasteiger partial charge in [-0.2, -0.15) is 4.68 Å². The predicted molar refractivity (Wildman–Crippen MR) is 67.7 cm³/mol. The van der Waals surface area contributed by atoms with E-state index in [1.54, 1.807) is 24.3 Å². The molecule has 2 aromatic heterocycles. The Labute approximate surface area is 116 Å². The zero-order valence-electron chi connectivity index (χ0n) is 10.7. The van der Waals surface area contributed by atoms with Gasteiger partial charge in [0.15, 0.2) is 6.73 Å². The molecule has 0 spiro atoms. The largest absolute Gasteiger partial charge is 0.441 e. The average molecular weight is 287 g/mol. The second kappa shape index (κ2) is 5.45. The number of carbonyl (C=O) groups is 1. The molecule has 3 aromatic rings. The van der Waals surface area contributed by atoms with Crippen LogP contribution in [0.3, 0.4) is 0 Å². The Morgan fingerprint density at radius 3 is 2.90 bits per heavy atom. The first-order valence-electron chi connectivity index (χ1n) is 5.93. The van der Waals surface area contributed by atoms with Gasteiger partial charge in [0, 0.05) is 0 Å². The van der Waals surface area contributed by atoms with Gasteiger partial charge in [-0.25, -0.2) is 9.48 Å². The number of aromatic nitrogens is 7. The molecule has 0 unspecified atom stereocenters. The molecule has 0 aliphatic heterocycles. The maximum Gasteiger partial charge on any atom is 0.329 e. The van der Waals surface area contributed by atoms with E-state index < -0.39 is 5.97 Å². The van der Waals surface area contributed by atoms with Gasteiger partial charge < -0.3 is 4.74 Å². The maximum absolute atomic E-state index is 12.1. The van der Waals surface area contributed by atoms with Crippen molar-refractivity contribution in [2.45, 2.75) is 13.3 Å². The molecule has 0 amide bonds. The minimum Gasteiger partial charge on any atom is -0.441 e. The van der Waals surface area contributed by atoms with Crippen molar-refractivity contribution in [1.82, 2.24) is 35.2 Å². The first kappa shape index (κ1) is 12.8. The summed E-state index contributed by atoms with van der Waals surface area (Å²) >= 11 is 0. The highest BCUT2D eigenvalue weighted by Gasteiger charge is 2.09.